The van der Waals surface area contributed by atoms with Crippen LogP contribution >= 0.6 is 10.7 Å². The normalized spacial score (nSPS) is 11.6. The summed E-state index contributed by atoms with van der Waals surface area (Å²) in [6.07, 6.45) is 0. The molecule has 0 amide bonds. The van der Waals surface area contributed by atoms with E-state index in [9.17, 15) is 8.42 Å². The molecule has 0 aliphatic rings. The second kappa shape index (κ2) is 4.05. The van der Waals surface area contributed by atoms with Crippen LogP contribution in [-0.2, 0) is 19.5 Å². The lowest BCUT2D eigenvalue weighted by Crippen LogP contribution is -2.08. The number of hydrogen-bond donors (Lipinski definition) is 3. The third kappa shape index (κ3) is 82300. The molecule has 0 radical (unpaired) electrons. The molecule has 0 heterocycles. The van der Waals surface area contributed by atoms with Crippen LogP contribution in [-0.4, -0.2) is 21.4 Å². The van der Waals surface area contributed by atoms with Crippen molar-refractivity contribution < 1.29 is 21.4 Å². The number of nitrogens with two attached hydrogens (primary N) is 2. The van der Waals surface area contributed by atoms with E-state index in [2.05, 4.69) is 21.0 Å². The first kappa shape index (κ1) is 12.7. The minimum Gasteiger partial charge on any atom is -0.274 e. The Morgan fingerprint density at radius 2 is 1.10 bits per heavy atom. The van der Waals surface area contributed by atoms with Gasteiger partial charge in [0.05, 0.1) is 0 Å². The van der Waals surface area contributed by atoms with Gasteiger partial charge in [0.1, 0.15) is 0 Å². The molecule has 10 heavy (non-hydrogen) atoms. The van der Waals surface area contributed by atoms with E-state index >= 15 is 0 Å². The summed E-state index contributed by atoms with van der Waals surface area (Å²) in [5.41, 5.74) is 0. The van der Waals surface area contributed by atoms with Crippen LogP contribution in [0.25, 0.3) is 0 Å². The Morgan fingerprint density at radius 3 is 1.10 bits per heavy atom. The van der Waals surface area contributed by atoms with Gasteiger partial charge in [-0.15, -0.1) is 0 Å². The first-order valence-corrected chi connectivity index (χ1v) is 5.35. The summed E-state index contributed by atoms with van der Waals surface area (Å²) in [5, 5.41) is 7.97. The molecule has 0 aromatic heterocycles. The van der Waals surface area contributed by atoms with E-state index in [1.807, 2.05) is 0 Å². The van der Waals surface area contributed by atoms with Gasteiger partial charge in [-0.1, -0.05) is 0 Å². The molecular weight excluding hydrogens is 208 g/mol. The molecule has 7 nitrogen and oxygen atoms in total. The highest BCUT2D eigenvalue weighted by molar-refractivity contribution is 8.11. The monoisotopic (exact) mass is 212 g/mol. The summed E-state index contributed by atoms with van der Waals surface area (Å²) in [7, 11) is -3.58. The lowest BCUT2D eigenvalue weighted by molar-refractivity contribution is 0.485. The van der Waals surface area contributed by atoms with Gasteiger partial charge in [0.2, 0.25) is 0 Å². The van der Waals surface area contributed by atoms with Crippen LogP contribution in [0.5, 0.6) is 0 Å². The Hall–Kier alpha value is 0.0700. The second-order valence-corrected chi connectivity index (χ2v) is 4.26. The summed E-state index contributed by atoms with van der Waals surface area (Å²) < 4.78 is 43.6. The molecule has 0 saturated heterocycles. The Balaban J connectivity index is 0. The Kier molecular flexibility index (Phi) is 5.16. The molecule has 10 heteroatoms. The molecule has 0 rings (SSSR count). The van der Waals surface area contributed by atoms with Crippen molar-refractivity contribution in [1.82, 2.24) is 0 Å². The van der Waals surface area contributed by atoms with Crippen molar-refractivity contribution in [1.29, 1.82) is 0 Å². The fraction of sp³-hybridized carbons (Fsp3) is 0. The zero-order chi connectivity index (χ0) is 9.00. The summed E-state index contributed by atoms with van der Waals surface area (Å²) in [6, 6.07) is 0. The first-order valence-electron chi connectivity index (χ1n) is 1.47. The molecule has 0 aliphatic carbocycles. The van der Waals surface area contributed by atoms with E-state index in [4.69, 9.17) is 13.0 Å². The maximum atomic E-state index is 9.18. The first-order chi connectivity index (χ1) is 4.00. The summed E-state index contributed by atoms with van der Waals surface area (Å²) >= 11 is 0. The lowest BCUT2D eigenvalue weighted by Gasteiger charge is -1.70. The highest BCUT2D eigenvalue weighted by atomic mass is 35.7. The largest absolute Gasteiger partial charge is 0.330 e. The number of rotatable bonds is 0. The Bertz CT molecular complexity index is 214. The van der Waals surface area contributed by atoms with Crippen molar-refractivity contribution in [2.24, 2.45) is 10.3 Å². The maximum Gasteiger partial charge on any atom is 0.330 e. The summed E-state index contributed by atoms with van der Waals surface area (Å²) in [4.78, 5) is 0. The van der Waals surface area contributed by atoms with E-state index in [1.54, 1.807) is 0 Å². The third-order valence-corrected chi connectivity index (χ3v) is 0. The van der Waals surface area contributed by atoms with Crippen molar-refractivity contribution in [3.8, 4) is 0 Å². The van der Waals surface area contributed by atoms with Gasteiger partial charge < -0.3 is 0 Å². The van der Waals surface area contributed by atoms with E-state index in [-0.39, 0.29) is 0 Å². The average Bonchev–Trinajstić information content (AvgIpc) is 1.12. The Labute approximate surface area is 62.4 Å². The van der Waals surface area contributed by atoms with E-state index < -0.39 is 19.5 Å². The fourth-order valence-corrected chi connectivity index (χ4v) is 0. The van der Waals surface area contributed by atoms with Gasteiger partial charge in [0.15, 0.2) is 0 Å². The van der Waals surface area contributed by atoms with Gasteiger partial charge in [0, 0.05) is 10.7 Å². The van der Waals surface area contributed by atoms with Crippen molar-refractivity contribution in [2.75, 3.05) is 0 Å². The van der Waals surface area contributed by atoms with Crippen LogP contribution in [0.2, 0.25) is 0 Å². The van der Waals surface area contributed by atoms with Crippen LogP contribution in [0.1, 0.15) is 0 Å². The number of hydrogen-bond acceptors (Lipinski definition) is 4. The maximum absolute atomic E-state index is 9.18. The molecular formula is H5ClN2O5S2. The van der Waals surface area contributed by atoms with Gasteiger partial charge in [-0.2, -0.15) is 16.8 Å². The van der Waals surface area contributed by atoms with Crippen LogP contribution in [0.3, 0.4) is 0 Å². The molecule has 0 saturated carbocycles. The lowest BCUT2D eigenvalue weighted by atomic mass is 13.9. The van der Waals surface area contributed by atoms with Crippen LogP contribution in [0.4, 0.5) is 0 Å². The molecule has 0 unspecified atom stereocenters. The molecule has 0 spiro atoms. The average molecular weight is 213 g/mol. The van der Waals surface area contributed by atoms with Crippen LogP contribution in [0, 0.1) is 0 Å². The van der Waals surface area contributed by atoms with Crippen molar-refractivity contribution in [3.63, 3.8) is 0 Å². The minimum atomic E-state index is -4.17. The molecule has 0 aliphatic heterocycles. The number of halogens is 1. The Morgan fingerprint density at radius 1 is 1.10 bits per heavy atom. The van der Waals surface area contributed by atoms with Gasteiger partial charge in [0.25, 0.3) is 9.24 Å². The molecule has 0 aromatic rings. The van der Waals surface area contributed by atoms with Crippen molar-refractivity contribution in [2.45, 2.75) is 0 Å². The molecule has 0 bridgehead atoms. The smallest absolute Gasteiger partial charge is 0.274 e. The predicted octanol–water partition coefficient (Wildman–Crippen LogP) is -1.82. The van der Waals surface area contributed by atoms with E-state index in [1.165, 1.54) is 0 Å². The zero-order valence-electron chi connectivity index (χ0n) is 4.43. The molecule has 0 atom stereocenters. The van der Waals surface area contributed by atoms with E-state index in [0.717, 1.165) is 0 Å². The third-order valence-electron chi connectivity index (χ3n) is 0. The van der Waals surface area contributed by atoms with Crippen molar-refractivity contribution in [3.05, 3.63) is 0 Å². The highest BCUT2D eigenvalue weighted by Gasteiger charge is 1.83. The fourth-order valence-electron chi connectivity index (χ4n) is 0. The molecule has 5 N–H and O–H groups in total. The van der Waals surface area contributed by atoms with Gasteiger partial charge >= 0.3 is 10.3 Å². The minimum absolute atomic E-state index is 3.69. The topological polar surface area (TPSA) is 141 Å². The molecule has 0 aromatic carbocycles. The summed E-state index contributed by atoms with van der Waals surface area (Å²) in [6.45, 7) is 0. The van der Waals surface area contributed by atoms with Gasteiger partial charge in [-0.25, -0.2) is 10.3 Å². The SMILES string of the molecule is NS(=O)(=O)Cl.NS(=O)(=O)O. The van der Waals surface area contributed by atoms with Gasteiger partial charge in [-0.3, -0.25) is 4.55 Å². The summed E-state index contributed by atoms with van der Waals surface area (Å²) in [5.74, 6) is 0. The second-order valence-electron chi connectivity index (χ2n) is 0.991. The molecule has 64 valence electrons. The zero-order valence-corrected chi connectivity index (χ0v) is 6.82. The van der Waals surface area contributed by atoms with E-state index in [0.29, 0.717) is 0 Å². The highest BCUT2D eigenvalue weighted by Crippen LogP contribution is 1.77. The van der Waals surface area contributed by atoms with Crippen LogP contribution in [0.15, 0.2) is 0 Å². The quantitative estimate of drug-likeness (QED) is 0.320. The van der Waals surface area contributed by atoms with Crippen LogP contribution < -0.4 is 10.3 Å². The van der Waals surface area contributed by atoms with Crippen molar-refractivity contribution >= 4 is 30.2 Å². The molecule has 0 fully saturated rings. The standard InChI is InChI=1S/ClH2NO2S.H3NO3S/c2*1-5(2,3)4/h(H2,2,3,4);(H3,1,2,3,4). The predicted molar refractivity (Wildman–Crippen MR) is 34.7 cm³/mol. The van der Waals surface area contributed by atoms with Gasteiger partial charge in [-0.05, 0) is 0 Å².